The van der Waals surface area contributed by atoms with Crippen LogP contribution in [0, 0.1) is 22.7 Å². The van der Waals surface area contributed by atoms with E-state index in [9.17, 15) is 0 Å². The van der Waals surface area contributed by atoms with Crippen LogP contribution in [0.25, 0.3) is 16.8 Å². The summed E-state index contributed by atoms with van der Waals surface area (Å²) in [6.45, 7) is 0. The molecule has 150 valence electrons. The Balaban J connectivity index is 1.62. The number of benzene rings is 3. The van der Waals surface area contributed by atoms with Gasteiger partial charge >= 0.3 is 0 Å². The zero-order chi connectivity index (χ0) is 21.8. The molecule has 9 heteroatoms. The van der Waals surface area contributed by atoms with Crippen molar-refractivity contribution in [2.24, 2.45) is 0 Å². The number of hydrogen-bond acceptors (Lipinski definition) is 7. The molecule has 3 N–H and O–H groups in total. The first-order valence-electron chi connectivity index (χ1n) is 9.04. The summed E-state index contributed by atoms with van der Waals surface area (Å²) in [6.07, 6.45) is 3.20. The number of allylic oxidation sites excluding steroid dienone is 1. The largest absolute Gasteiger partial charge is 0.367 e. The van der Waals surface area contributed by atoms with E-state index in [-0.39, 0.29) is 5.95 Å². The van der Waals surface area contributed by atoms with Gasteiger partial charge in [0.15, 0.2) is 0 Å². The smallest absolute Gasteiger partial charge is 0.249 e. The van der Waals surface area contributed by atoms with Crippen LogP contribution >= 0.6 is 23.5 Å². The third kappa shape index (κ3) is 4.46. The number of nitrogens with zero attached hydrogens (tertiary/aromatic N) is 5. The van der Waals surface area contributed by atoms with Crippen LogP contribution in [0.3, 0.4) is 0 Å². The summed E-state index contributed by atoms with van der Waals surface area (Å²) in [7, 11) is 0. The van der Waals surface area contributed by atoms with E-state index in [0.717, 1.165) is 21.2 Å². The predicted octanol–water partition coefficient (Wildman–Crippen LogP) is 5.37. The summed E-state index contributed by atoms with van der Waals surface area (Å²) in [5.41, 5.74) is 8.03. The van der Waals surface area contributed by atoms with Crippen molar-refractivity contribution >= 4 is 58.0 Å². The molecule has 3 aromatic carbocycles. The van der Waals surface area contributed by atoms with Gasteiger partial charge in [-0.05, 0) is 52.7 Å². The van der Waals surface area contributed by atoms with E-state index >= 15 is 0 Å². The second-order valence-electron chi connectivity index (χ2n) is 6.39. The van der Waals surface area contributed by atoms with Crippen molar-refractivity contribution in [1.29, 1.82) is 10.5 Å². The summed E-state index contributed by atoms with van der Waals surface area (Å²) in [4.78, 5) is 5.19. The maximum Gasteiger partial charge on any atom is 0.249 e. The summed E-state index contributed by atoms with van der Waals surface area (Å²) < 4.78 is 1.53. The standard InChI is InChI=1S/C22H14ClN7S/c23-19-12-17(9-8-16(19)13-25)27-22-28-21(26)30(29-22)31-20-5-1-4-15-7-6-14(3-2-10-24)11-18(15)20/h1-9,11-12H,(H3,26,27,28,29)/b3-2+. The number of halogens is 1. The van der Waals surface area contributed by atoms with Crippen LogP contribution in [-0.2, 0) is 0 Å². The van der Waals surface area contributed by atoms with E-state index in [2.05, 4.69) is 15.4 Å². The molecular formula is C22H14ClN7S. The Morgan fingerprint density at radius 2 is 2.00 bits per heavy atom. The molecule has 0 aliphatic rings. The summed E-state index contributed by atoms with van der Waals surface area (Å²) >= 11 is 7.42. The second kappa shape index (κ2) is 8.80. The molecule has 0 fully saturated rings. The molecule has 0 bridgehead atoms. The lowest BCUT2D eigenvalue weighted by Crippen LogP contribution is -1.97. The van der Waals surface area contributed by atoms with Gasteiger partial charge in [0, 0.05) is 28.6 Å². The number of rotatable bonds is 5. The van der Waals surface area contributed by atoms with E-state index < -0.39 is 0 Å². The molecule has 0 aliphatic carbocycles. The van der Waals surface area contributed by atoms with Crippen LogP contribution in [0.1, 0.15) is 11.1 Å². The van der Waals surface area contributed by atoms with Gasteiger partial charge in [0.2, 0.25) is 11.9 Å². The minimum atomic E-state index is 0.227. The van der Waals surface area contributed by atoms with E-state index in [1.807, 2.05) is 48.5 Å². The van der Waals surface area contributed by atoms with Crippen LogP contribution in [0.4, 0.5) is 17.6 Å². The molecule has 0 unspecified atom stereocenters. The average Bonchev–Trinajstić information content (AvgIpc) is 3.11. The third-order valence-corrected chi connectivity index (χ3v) is 5.66. The molecule has 0 spiro atoms. The highest BCUT2D eigenvalue weighted by atomic mass is 35.5. The molecule has 0 amide bonds. The normalized spacial score (nSPS) is 10.8. The lowest BCUT2D eigenvalue weighted by atomic mass is 10.1. The number of hydrogen-bond donors (Lipinski definition) is 2. The summed E-state index contributed by atoms with van der Waals surface area (Å²) in [5.74, 6) is 0.536. The fourth-order valence-corrected chi connectivity index (χ4v) is 3.99. The average molecular weight is 444 g/mol. The van der Waals surface area contributed by atoms with Crippen molar-refractivity contribution < 1.29 is 0 Å². The highest BCUT2D eigenvalue weighted by molar-refractivity contribution is 7.98. The lowest BCUT2D eigenvalue weighted by molar-refractivity contribution is 1.02. The van der Waals surface area contributed by atoms with Crippen molar-refractivity contribution in [3.63, 3.8) is 0 Å². The quantitative estimate of drug-likeness (QED) is 0.398. The minimum Gasteiger partial charge on any atom is -0.367 e. The van der Waals surface area contributed by atoms with Crippen LogP contribution in [0.5, 0.6) is 0 Å². The molecule has 0 radical (unpaired) electrons. The van der Waals surface area contributed by atoms with Crippen LogP contribution in [-0.4, -0.2) is 14.2 Å². The van der Waals surface area contributed by atoms with Gasteiger partial charge in [0.1, 0.15) is 6.07 Å². The summed E-state index contributed by atoms with van der Waals surface area (Å²) in [5, 5.41) is 27.6. The first-order chi connectivity index (χ1) is 15.1. The van der Waals surface area contributed by atoms with Gasteiger partial charge in [-0.15, -0.1) is 5.10 Å². The number of anilines is 3. The van der Waals surface area contributed by atoms with Crippen LogP contribution in [0.15, 0.2) is 65.6 Å². The Labute approximate surface area is 187 Å². The minimum absolute atomic E-state index is 0.227. The highest BCUT2D eigenvalue weighted by Gasteiger charge is 2.12. The molecular weight excluding hydrogens is 430 g/mol. The maximum absolute atomic E-state index is 8.99. The van der Waals surface area contributed by atoms with E-state index in [0.29, 0.717) is 22.2 Å². The number of nitrogens with one attached hydrogen (secondary N) is 1. The lowest BCUT2D eigenvalue weighted by Gasteiger charge is -2.07. The van der Waals surface area contributed by atoms with Crippen LogP contribution < -0.4 is 11.1 Å². The maximum atomic E-state index is 8.99. The first-order valence-corrected chi connectivity index (χ1v) is 10.2. The molecule has 0 saturated carbocycles. The molecule has 0 saturated heterocycles. The van der Waals surface area contributed by atoms with Gasteiger partial charge in [-0.1, -0.05) is 35.9 Å². The highest BCUT2D eigenvalue weighted by Crippen LogP contribution is 2.31. The number of aromatic nitrogens is 3. The van der Waals surface area contributed by atoms with Crippen molar-refractivity contribution in [3.05, 3.63) is 76.8 Å². The molecule has 31 heavy (non-hydrogen) atoms. The monoisotopic (exact) mass is 443 g/mol. The number of nitrogens with two attached hydrogens (primary N) is 1. The van der Waals surface area contributed by atoms with Gasteiger partial charge in [-0.2, -0.15) is 19.6 Å². The van der Waals surface area contributed by atoms with E-state index in [1.54, 1.807) is 24.3 Å². The predicted molar refractivity (Wildman–Crippen MR) is 124 cm³/mol. The van der Waals surface area contributed by atoms with Gasteiger partial charge in [0.05, 0.1) is 16.7 Å². The first kappa shape index (κ1) is 20.3. The van der Waals surface area contributed by atoms with E-state index in [1.165, 1.54) is 22.1 Å². The Bertz CT molecular complexity index is 1400. The van der Waals surface area contributed by atoms with Crippen molar-refractivity contribution in [2.45, 2.75) is 4.90 Å². The second-order valence-corrected chi connectivity index (χ2v) is 7.76. The Morgan fingerprint density at radius 1 is 1.13 bits per heavy atom. The molecule has 1 heterocycles. The molecule has 0 aliphatic heterocycles. The fraction of sp³-hybridized carbons (Fsp3) is 0. The Hall–Kier alpha value is -3.98. The summed E-state index contributed by atoms with van der Waals surface area (Å²) in [6, 6.07) is 20.9. The van der Waals surface area contributed by atoms with Crippen molar-refractivity contribution in [2.75, 3.05) is 11.1 Å². The van der Waals surface area contributed by atoms with Gasteiger partial charge in [0.25, 0.3) is 0 Å². The fourth-order valence-electron chi connectivity index (χ4n) is 2.92. The molecule has 4 aromatic rings. The molecule has 1 aromatic heterocycles. The number of nitriles is 2. The molecule has 7 nitrogen and oxygen atoms in total. The topological polar surface area (TPSA) is 116 Å². The number of nitrogen functional groups attached to an aromatic ring is 1. The molecule has 0 atom stereocenters. The SMILES string of the molecule is N#C/C=C/c1ccc2cccc(Sn3nc(Nc4ccc(C#N)c(Cl)c4)nc3N)c2c1. The zero-order valence-electron chi connectivity index (χ0n) is 16.0. The third-order valence-electron chi connectivity index (χ3n) is 4.35. The van der Waals surface area contributed by atoms with Crippen LogP contribution in [0.2, 0.25) is 5.02 Å². The van der Waals surface area contributed by atoms with Crippen molar-refractivity contribution in [3.8, 4) is 12.1 Å². The van der Waals surface area contributed by atoms with Gasteiger partial charge in [-0.25, -0.2) is 0 Å². The van der Waals surface area contributed by atoms with Crippen molar-refractivity contribution in [1.82, 2.24) is 14.2 Å². The molecule has 4 rings (SSSR count). The van der Waals surface area contributed by atoms with E-state index in [4.69, 9.17) is 27.9 Å². The van der Waals surface area contributed by atoms with Gasteiger partial charge in [-0.3, -0.25) is 0 Å². The Kier molecular flexibility index (Phi) is 5.76. The Morgan fingerprint density at radius 3 is 2.77 bits per heavy atom. The number of fused-ring (bicyclic) bond motifs is 1. The van der Waals surface area contributed by atoms with Gasteiger partial charge < -0.3 is 11.1 Å². The zero-order valence-corrected chi connectivity index (χ0v) is 17.5.